The molecule has 0 radical (unpaired) electrons. The third kappa shape index (κ3) is 6.84. The Hall–Kier alpha value is -2.79. The average Bonchev–Trinajstić information content (AvgIpc) is 3.35. The van der Waals surface area contributed by atoms with Crippen LogP contribution >= 0.6 is 24.0 Å². The maximum Gasteiger partial charge on any atom is 0.194 e. The van der Waals surface area contributed by atoms with Crippen molar-refractivity contribution in [3.63, 3.8) is 0 Å². The van der Waals surface area contributed by atoms with E-state index in [1.165, 1.54) is 0 Å². The number of piperazine rings is 1. The monoisotopic (exact) mass is 563 g/mol. The van der Waals surface area contributed by atoms with Crippen molar-refractivity contribution in [1.82, 2.24) is 20.3 Å². The van der Waals surface area contributed by atoms with Crippen molar-refractivity contribution in [2.45, 2.75) is 13.1 Å². The summed E-state index contributed by atoms with van der Waals surface area (Å²) < 4.78 is 16.2. The number of guanidine groups is 1. The summed E-state index contributed by atoms with van der Waals surface area (Å²) in [5.74, 6) is 3.10. The van der Waals surface area contributed by atoms with Crippen LogP contribution < -0.4 is 14.8 Å². The van der Waals surface area contributed by atoms with E-state index in [1.807, 2.05) is 49.5 Å². The standard InChI is InChI=1S/C24H29N5O3.HI/c1-25-24(29-14-12-28(13-15-29)18-20-11-16-31-27-20)26-17-19-7-9-21(10-8-19)32-23-6-4-3-5-22(23)30-2;/h3-11,16H,12-15,17-18H2,1-2H3,(H,25,26);1H. The molecule has 1 fully saturated rings. The number of nitrogens with zero attached hydrogens (tertiary/aromatic N) is 4. The highest BCUT2D eigenvalue weighted by Crippen LogP contribution is 2.30. The van der Waals surface area contributed by atoms with Crippen LogP contribution in [-0.4, -0.2) is 61.3 Å². The molecule has 4 rings (SSSR count). The number of nitrogens with one attached hydrogen (secondary N) is 1. The molecule has 1 aliphatic heterocycles. The molecule has 0 unspecified atom stereocenters. The van der Waals surface area contributed by atoms with E-state index in [9.17, 15) is 0 Å². The van der Waals surface area contributed by atoms with Crippen LogP contribution in [0.1, 0.15) is 11.3 Å². The predicted octanol–water partition coefficient (Wildman–Crippen LogP) is 3.99. The van der Waals surface area contributed by atoms with Crippen LogP contribution in [0.5, 0.6) is 17.2 Å². The van der Waals surface area contributed by atoms with E-state index in [0.29, 0.717) is 18.0 Å². The third-order valence-corrected chi connectivity index (χ3v) is 5.43. The van der Waals surface area contributed by atoms with E-state index in [2.05, 4.69) is 37.4 Å². The minimum Gasteiger partial charge on any atom is -0.493 e. The Morgan fingerprint density at radius 3 is 2.39 bits per heavy atom. The van der Waals surface area contributed by atoms with Gasteiger partial charge in [-0.25, -0.2) is 0 Å². The van der Waals surface area contributed by atoms with Crippen LogP contribution in [-0.2, 0) is 13.1 Å². The summed E-state index contributed by atoms with van der Waals surface area (Å²) in [7, 11) is 3.47. The number of para-hydroxylation sites is 2. The van der Waals surface area contributed by atoms with Gasteiger partial charge in [-0.3, -0.25) is 9.89 Å². The molecule has 0 amide bonds. The number of methoxy groups -OCH3 is 1. The first-order valence-electron chi connectivity index (χ1n) is 10.7. The zero-order valence-corrected chi connectivity index (χ0v) is 21.3. The molecule has 1 aromatic heterocycles. The number of rotatable bonds is 7. The van der Waals surface area contributed by atoms with Gasteiger partial charge >= 0.3 is 0 Å². The lowest BCUT2D eigenvalue weighted by Crippen LogP contribution is -2.52. The lowest BCUT2D eigenvalue weighted by molar-refractivity contribution is 0.169. The van der Waals surface area contributed by atoms with Crippen molar-refractivity contribution < 1.29 is 14.0 Å². The second kappa shape index (κ2) is 12.4. The van der Waals surface area contributed by atoms with Gasteiger partial charge in [0.1, 0.15) is 12.0 Å². The number of halogens is 1. The molecule has 2 heterocycles. The van der Waals surface area contributed by atoms with Crippen molar-refractivity contribution in [3.05, 3.63) is 72.1 Å². The van der Waals surface area contributed by atoms with Crippen molar-refractivity contribution in [2.24, 2.45) is 4.99 Å². The maximum absolute atomic E-state index is 5.95. The normalized spacial score (nSPS) is 14.5. The molecule has 1 aliphatic rings. The lowest BCUT2D eigenvalue weighted by atomic mass is 10.2. The van der Waals surface area contributed by atoms with Gasteiger partial charge < -0.3 is 24.2 Å². The van der Waals surface area contributed by atoms with E-state index in [4.69, 9.17) is 14.0 Å². The predicted molar refractivity (Wildman–Crippen MR) is 138 cm³/mol. The molecular formula is C24H30IN5O3. The molecule has 0 spiro atoms. The fraction of sp³-hybridized carbons (Fsp3) is 0.333. The highest BCUT2D eigenvalue weighted by atomic mass is 127. The summed E-state index contributed by atoms with van der Waals surface area (Å²) in [5, 5.41) is 7.47. The number of benzene rings is 2. The second-order valence-electron chi connectivity index (χ2n) is 7.55. The maximum atomic E-state index is 5.95. The van der Waals surface area contributed by atoms with Crippen molar-refractivity contribution >= 4 is 29.9 Å². The third-order valence-electron chi connectivity index (χ3n) is 5.43. The molecule has 33 heavy (non-hydrogen) atoms. The fourth-order valence-corrected chi connectivity index (χ4v) is 3.68. The van der Waals surface area contributed by atoms with Crippen LogP contribution in [0.3, 0.4) is 0 Å². The number of aromatic nitrogens is 1. The Morgan fingerprint density at radius 2 is 1.76 bits per heavy atom. The zero-order valence-electron chi connectivity index (χ0n) is 18.9. The van der Waals surface area contributed by atoms with Gasteiger partial charge in [0.05, 0.1) is 12.8 Å². The van der Waals surface area contributed by atoms with Gasteiger partial charge in [-0.15, -0.1) is 24.0 Å². The first-order chi connectivity index (χ1) is 15.7. The van der Waals surface area contributed by atoms with Gasteiger partial charge in [-0.1, -0.05) is 29.4 Å². The average molecular weight is 563 g/mol. The Morgan fingerprint density at radius 1 is 1.03 bits per heavy atom. The van der Waals surface area contributed by atoms with Gasteiger partial charge in [-0.05, 0) is 29.8 Å². The smallest absolute Gasteiger partial charge is 0.194 e. The molecule has 1 saturated heterocycles. The Balaban J connectivity index is 0.00000306. The van der Waals surface area contributed by atoms with Crippen LogP contribution in [0.4, 0.5) is 0 Å². The van der Waals surface area contributed by atoms with Crippen molar-refractivity contribution in [1.29, 1.82) is 0 Å². The van der Waals surface area contributed by atoms with E-state index in [-0.39, 0.29) is 24.0 Å². The van der Waals surface area contributed by atoms with E-state index < -0.39 is 0 Å². The van der Waals surface area contributed by atoms with Gasteiger partial charge in [0.2, 0.25) is 0 Å². The molecule has 3 aromatic rings. The number of ether oxygens (including phenoxy) is 2. The number of hydrogen-bond acceptors (Lipinski definition) is 6. The summed E-state index contributed by atoms with van der Waals surface area (Å²) >= 11 is 0. The highest BCUT2D eigenvalue weighted by molar-refractivity contribution is 14.0. The summed E-state index contributed by atoms with van der Waals surface area (Å²) in [6, 6.07) is 17.6. The van der Waals surface area contributed by atoms with Gasteiger partial charge in [0, 0.05) is 52.4 Å². The molecule has 0 saturated carbocycles. The van der Waals surface area contributed by atoms with Gasteiger partial charge in [-0.2, -0.15) is 0 Å². The van der Waals surface area contributed by atoms with E-state index >= 15 is 0 Å². The second-order valence-corrected chi connectivity index (χ2v) is 7.55. The molecule has 1 N–H and O–H groups in total. The first kappa shape index (κ1) is 24.8. The lowest BCUT2D eigenvalue weighted by Gasteiger charge is -2.36. The summed E-state index contributed by atoms with van der Waals surface area (Å²) in [6.45, 7) is 5.28. The first-order valence-corrected chi connectivity index (χ1v) is 10.7. The topological polar surface area (TPSA) is 75.4 Å². The fourth-order valence-electron chi connectivity index (χ4n) is 3.68. The largest absolute Gasteiger partial charge is 0.493 e. The minimum atomic E-state index is 0. The van der Waals surface area contributed by atoms with Crippen LogP contribution in [0.2, 0.25) is 0 Å². The Kier molecular flexibility index (Phi) is 9.37. The summed E-state index contributed by atoms with van der Waals surface area (Å²) in [5.41, 5.74) is 2.13. The Bertz CT molecular complexity index is 1000. The molecule has 8 nitrogen and oxygen atoms in total. The van der Waals surface area contributed by atoms with Crippen LogP contribution in [0.15, 0.2) is 70.4 Å². The number of hydrogen-bond donors (Lipinski definition) is 1. The van der Waals surface area contributed by atoms with E-state index in [0.717, 1.165) is 55.7 Å². The molecule has 2 aromatic carbocycles. The van der Waals surface area contributed by atoms with Gasteiger partial charge in [0.25, 0.3) is 0 Å². The highest BCUT2D eigenvalue weighted by Gasteiger charge is 2.20. The van der Waals surface area contributed by atoms with E-state index in [1.54, 1.807) is 13.4 Å². The number of aliphatic imine (C=N–C) groups is 1. The molecule has 0 bridgehead atoms. The quantitative estimate of drug-likeness (QED) is 0.265. The van der Waals surface area contributed by atoms with Crippen LogP contribution in [0.25, 0.3) is 0 Å². The van der Waals surface area contributed by atoms with Crippen LogP contribution in [0, 0.1) is 0 Å². The molecule has 0 atom stereocenters. The zero-order chi connectivity index (χ0) is 22.2. The van der Waals surface area contributed by atoms with Gasteiger partial charge in [0.15, 0.2) is 17.5 Å². The summed E-state index contributed by atoms with van der Waals surface area (Å²) in [6.07, 6.45) is 1.62. The van der Waals surface area contributed by atoms with Crippen molar-refractivity contribution in [3.8, 4) is 17.2 Å². The molecule has 176 valence electrons. The minimum absolute atomic E-state index is 0. The molecule has 0 aliphatic carbocycles. The molecule has 9 heteroatoms. The Labute approximate surface area is 211 Å². The van der Waals surface area contributed by atoms with Crippen molar-refractivity contribution in [2.75, 3.05) is 40.3 Å². The summed E-state index contributed by atoms with van der Waals surface area (Å²) in [4.78, 5) is 9.13. The molecular weight excluding hydrogens is 533 g/mol. The SMILES string of the molecule is CN=C(NCc1ccc(Oc2ccccc2OC)cc1)N1CCN(Cc2ccon2)CC1.I.